The largest absolute Gasteiger partial charge is 0.381 e. The van der Waals surface area contributed by atoms with Crippen LogP contribution in [0.3, 0.4) is 0 Å². The summed E-state index contributed by atoms with van der Waals surface area (Å²) in [5.41, 5.74) is 4.10. The fraction of sp³-hybridized carbons (Fsp3) is 0.609. The molecular formula is C23H34N2OS. The quantitative estimate of drug-likeness (QED) is 0.611. The number of aryl methyl sites for hydroxylation is 3. The predicted molar refractivity (Wildman–Crippen MR) is 114 cm³/mol. The highest BCUT2D eigenvalue weighted by Crippen LogP contribution is 2.41. The number of likely N-dealkylation sites (tertiary alicyclic amines) is 1. The van der Waals surface area contributed by atoms with Gasteiger partial charge in [-0.2, -0.15) is 0 Å². The minimum absolute atomic E-state index is 0.00632. The van der Waals surface area contributed by atoms with Crippen molar-refractivity contribution in [3.63, 3.8) is 0 Å². The van der Waals surface area contributed by atoms with Crippen molar-refractivity contribution in [3.8, 4) is 0 Å². The van der Waals surface area contributed by atoms with E-state index in [1.165, 1.54) is 28.8 Å². The summed E-state index contributed by atoms with van der Waals surface area (Å²) in [6.45, 7) is 14.9. The van der Waals surface area contributed by atoms with Crippen molar-refractivity contribution in [2.24, 2.45) is 5.41 Å². The van der Waals surface area contributed by atoms with E-state index >= 15 is 0 Å². The Balaban J connectivity index is 1.73. The topological polar surface area (TPSA) is 25.4 Å². The van der Waals surface area contributed by atoms with Gasteiger partial charge < -0.3 is 4.74 Å². The first-order valence-corrected chi connectivity index (χ1v) is 11.0. The summed E-state index contributed by atoms with van der Waals surface area (Å²) in [5, 5.41) is 2.32. The summed E-state index contributed by atoms with van der Waals surface area (Å²) in [6.07, 6.45) is 5.60. The number of hydrogen-bond acceptors (Lipinski definition) is 4. The predicted octanol–water partition coefficient (Wildman–Crippen LogP) is 5.36. The van der Waals surface area contributed by atoms with Gasteiger partial charge in [-0.3, -0.25) is 9.88 Å². The van der Waals surface area contributed by atoms with Gasteiger partial charge in [-0.1, -0.05) is 6.07 Å². The molecule has 148 valence electrons. The van der Waals surface area contributed by atoms with Gasteiger partial charge in [-0.15, -0.1) is 11.3 Å². The molecule has 1 unspecified atom stereocenters. The van der Waals surface area contributed by atoms with Gasteiger partial charge in [0.05, 0.1) is 6.61 Å². The maximum Gasteiger partial charge on any atom is 0.0535 e. The Kier molecular flexibility index (Phi) is 6.39. The number of nitrogens with zero attached hydrogens (tertiary/aromatic N) is 2. The average molecular weight is 387 g/mol. The first-order chi connectivity index (χ1) is 12.8. The molecule has 3 nitrogen and oxygen atoms in total. The smallest absolute Gasteiger partial charge is 0.0535 e. The van der Waals surface area contributed by atoms with Gasteiger partial charge in [0.2, 0.25) is 0 Å². The third kappa shape index (κ3) is 4.79. The molecule has 1 fully saturated rings. The van der Waals surface area contributed by atoms with E-state index in [9.17, 15) is 0 Å². The zero-order valence-electron chi connectivity index (χ0n) is 17.5. The average Bonchev–Trinajstić information content (AvgIpc) is 3.26. The standard InChI is InChI=1S/C23H34N2OS/c1-6-26-17-23(10-9-20-13-19(3)27-15-20)11-12-25(16-23)22(4,5)21-8-7-18(2)24-14-21/h7-8,13-15H,6,9-12,16-17H2,1-5H3. The van der Waals surface area contributed by atoms with Crippen LogP contribution in [0.5, 0.6) is 0 Å². The van der Waals surface area contributed by atoms with Gasteiger partial charge >= 0.3 is 0 Å². The van der Waals surface area contributed by atoms with Crippen LogP contribution in [0.25, 0.3) is 0 Å². The molecule has 1 aliphatic rings. The van der Waals surface area contributed by atoms with Crippen molar-refractivity contribution in [3.05, 3.63) is 51.5 Å². The van der Waals surface area contributed by atoms with E-state index in [1.807, 2.05) is 24.5 Å². The number of pyridine rings is 1. The van der Waals surface area contributed by atoms with Crippen LogP contribution < -0.4 is 0 Å². The molecule has 0 N–H and O–H groups in total. The highest BCUT2D eigenvalue weighted by atomic mass is 32.1. The van der Waals surface area contributed by atoms with Crippen molar-refractivity contribution < 1.29 is 4.74 Å². The molecule has 0 aliphatic carbocycles. The second kappa shape index (κ2) is 8.42. The Hall–Kier alpha value is -1.23. The molecule has 1 aliphatic heterocycles. The molecule has 0 radical (unpaired) electrons. The van der Waals surface area contributed by atoms with Crippen LogP contribution >= 0.6 is 11.3 Å². The molecule has 27 heavy (non-hydrogen) atoms. The van der Waals surface area contributed by atoms with Gasteiger partial charge in [0.25, 0.3) is 0 Å². The van der Waals surface area contributed by atoms with Gasteiger partial charge in [-0.05, 0) is 89.1 Å². The Morgan fingerprint density at radius 2 is 2.11 bits per heavy atom. The SMILES string of the molecule is CCOCC1(CCc2csc(C)c2)CCN(C(C)(C)c2ccc(C)nc2)C1. The third-order valence-electron chi connectivity index (χ3n) is 6.19. The molecule has 2 aromatic heterocycles. The van der Waals surface area contributed by atoms with Crippen LogP contribution in [0.15, 0.2) is 29.8 Å². The molecule has 0 saturated carbocycles. The lowest BCUT2D eigenvalue weighted by atomic mass is 9.82. The summed E-state index contributed by atoms with van der Waals surface area (Å²) in [5.74, 6) is 0. The van der Waals surface area contributed by atoms with Crippen LogP contribution in [-0.2, 0) is 16.7 Å². The molecule has 1 atom stereocenters. The molecule has 0 spiro atoms. The lowest BCUT2D eigenvalue weighted by Crippen LogP contribution is -2.42. The summed E-state index contributed by atoms with van der Waals surface area (Å²) >= 11 is 1.86. The van der Waals surface area contributed by atoms with E-state index in [-0.39, 0.29) is 11.0 Å². The second-order valence-electron chi connectivity index (χ2n) is 8.62. The Bertz CT molecular complexity index is 737. The Labute approximate surface area is 168 Å². The number of thiophene rings is 1. The van der Waals surface area contributed by atoms with Gasteiger partial charge in [-0.25, -0.2) is 0 Å². The van der Waals surface area contributed by atoms with Crippen LogP contribution in [0.4, 0.5) is 0 Å². The molecule has 1 saturated heterocycles. The van der Waals surface area contributed by atoms with E-state index in [0.29, 0.717) is 0 Å². The fourth-order valence-corrected chi connectivity index (χ4v) is 4.92. The van der Waals surface area contributed by atoms with Crippen molar-refractivity contribution >= 4 is 11.3 Å². The lowest BCUT2D eigenvalue weighted by molar-refractivity contribution is 0.0385. The monoisotopic (exact) mass is 386 g/mol. The molecule has 0 amide bonds. The highest BCUT2D eigenvalue weighted by Gasteiger charge is 2.43. The van der Waals surface area contributed by atoms with Crippen LogP contribution in [0.1, 0.15) is 55.3 Å². The summed E-state index contributed by atoms with van der Waals surface area (Å²) in [7, 11) is 0. The molecule has 3 heterocycles. The minimum atomic E-state index is -0.00632. The first kappa shape index (κ1) is 20.5. The van der Waals surface area contributed by atoms with Crippen molar-refractivity contribution in [2.75, 3.05) is 26.3 Å². The summed E-state index contributed by atoms with van der Waals surface area (Å²) in [6, 6.07) is 6.70. The van der Waals surface area contributed by atoms with Gasteiger partial charge in [0.15, 0.2) is 0 Å². The highest BCUT2D eigenvalue weighted by molar-refractivity contribution is 7.10. The van der Waals surface area contributed by atoms with E-state index in [1.54, 1.807) is 0 Å². The second-order valence-corrected chi connectivity index (χ2v) is 9.74. The number of rotatable bonds is 8. The minimum Gasteiger partial charge on any atom is -0.381 e. The molecule has 0 bridgehead atoms. The van der Waals surface area contributed by atoms with Gasteiger partial charge in [0.1, 0.15) is 0 Å². The molecule has 4 heteroatoms. The number of hydrogen-bond donors (Lipinski definition) is 0. The zero-order valence-corrected chi connectivity index (χ0v) is 18.4. The summed E-state index contributed by atoms with van der Waals surface area (Å²) < 4.78 is 5.96. The van der Waals surface area contributed by atoms with E-state index in [4.69, 9.17) is 4.74 Å². The van der Waals surface area contributed by atoms with Crippen LogP contribution in [-0.4, -0.2) is 36.2 Å². The fourth-order valence-electron chi connectivity index (χ4n) is 4.18. The van der Waals surface area contributed by atoms with E-state index < -0.39 is 0 Å². The molecule has 3 rings (SSSR count). The Morgan fingerprint density at radius 3 is 2.74 bits per heavy atom. The molecular weight excluding hydrogens is 352 g/mol. The first-order valence-electron chi connectivity index (χ1n) is 10.1. The maximum atomic E-state index is 5.96. The molecule has 2 aromatic rings. The lowest BCUT2D eigenvalue weighted by Gasteiger charge is -2.38. The van der Waals surface area contributed by atoms with Crippen molar-refractivity contribution in [1.29, 1.82) is 0 Å². The van der Waals surface area contributed by atoms with Crippen LogP contribution in [0, 0.1) is 19.3 Å². The van der Waals surface area contributed by atoms with E-state index in [2.05, 4.69) is 61.2 Å². The Morgan fingerprint density at radius 1 is 1.30 bits per heavy atom. The van der Waals surface area contributed by atoms with Crippen molar-refractivity contribution in [1.82, 2.24) is 9.88 Å². The molecule has 0 aromatic carbocycles. The van der Waals surface area contributed by atoms with Crippen LogP contribution in [0.2, 0.25) is 0 Å². The summed E-state index contributed by atoms with van der Waals surface area (Å²) in [4.78, 5) is 8.57. The van der Waals surface area contributed by atoms with Gasteiger partial charge in [0, 0.05) is 40.9 Å². The number of aromatic nitrogens is 1. The third-order valence-corrected chi connectivity index (χ3v) is 7.10. The normalized spacial score (nSPS) is 21.1. The van der Waals surface area contributed by atoms with E-state index in [0.717, 1.165) is 38.4 Å². The zero-order chi connectivity index (χ0) is 19.5. The van der Waals surface area contributed by atoms with Crippen molar-refractivity contribution in [2.45, 2.75) is 59.4 Å². The number of ether oxygens (including phenoxy) is 1. The maximum absolute atomic E-state index is 5.96.